The van der Waals surface area contributed by atoms with Crippen molar-refractivity contribution in [3.05, 3.63) is 23.2 Å². The van der Waals surface area contributed by atoms with Crippen LogP contribution in [0.5, 0.6) is 5.75 Å². The summed E-state index contributed by atoms with van der Waals surface area (Å²) in [6.45, 7) is 2.15. The van der Waals surface area contributed by atoms with Crippen LogP contribution >= 0.6 is 29.1 Å². The monoisotopic (exact) mass is 373 g/mol. The molecule has 0 spiro atoms. The Labute approximate surface area is 130 Å². The normalized spacial score (nSPS) is 13.3. The van der Waals surface area contributed by atoms with Crippen LogP contribution in [0.2, 0.25) is 0 Å². The van der Waals surface area contributed by atoms with E-state index in [1.165, 1.54) is 12.8 Å². The minimum absolute atomic E-state index is 0.523. The van der Waals surface area contributed by atoms with Gasteiger partial charge in [-0.2, -0.15) is 0 Å². The number of ether oxygens (including phenoxy) is 1. The van der Waals surface area contributed by atoms with Gasteiger partial charge in [-0.1, -0.05) is 0 Å². The summed E-state index contributed by atoms with van der Waals surface area (Å²) in [6.07, 6.45) is 2.46. The van der Waals surface area contributed by atoms with Gasteiger partial charge in [0.2, 0.25) is 5.39 Å². The third-order valence-corrected chi connectivity index (χ3v) is 2.73. The summed E-state index contributed by atoms with van der Waals surface area (Å²) in [5, 5.41) is 8.67. The van der Waals surface area contributed by atoms with Crippen molar-refractivity contribution in [1.29, 1.82) is 5.39 Å². The van der Waals surface area contributed by atoms with Crippen molar-refractivity contribution in [2.24, 2.45) is 0 Å². The molecule has 1 aromatic rings. The topological polar surface area (TPSA) is 40.6 Å². The standard InChI is InChI=1S/C11H14N3O.3ClH.Zn/c1-15-11-8-9(13-12)4-5-10(11)14-6-2-3-7-14;;;;/h4-5,8H,2-3,6-7H2,1H3;3*1H;/q+1;;;;+2/p-3. The number of diazo groups is 1. The SMILES string of the molecule is COc1cc([N+]#N)ccc1N1CCCC1.[Cl][Zn-]([Cl])[Cl]. The van der Waals surface area contributed by atoms with E-state index in [-0.39, 0.29) is 0 Å². The molecular formula is C11H14Cl3N3OZn. The Hall–Kier alpha value is -0.267. The molecule has 0 amide bonds. The Morgan fingerprint density at radius 3 is 2.32 bits per heavy atom. The molecule has 19 heavy (non-hydrogen) atoms. The third-order valence-electron chi connectivity index (χ3n) is 2.73. The number of hydrogen-bond donors (Lipinski definition) is 0. The average molecular weight is 376 g/mol. The fourth-order valence-electron chi connectivity index (χ4n) is 1.95. The molecule has 0 saturated carbocycles. The fraction of sp³-hybridized carbons (Fsp3) is 0.455. The van der Waals surface area contributed by atoms with Crippen LogP contribution in [0.25, 0.3) is 4.98 Å². The number of anilines is 1. The van der Waals surface area contributed by atoms with E-state index in [0.29, 0.717) is 5.69 Å². The Balaban J connectivity index is 0.000000399. The van der Waals surface area contributed by atoms with E-state index in [9.17, 15) is 0 Å². The molecule has 0 atom stereocenters. The maximum absolute atomic E-state index is 8.67. The van der Waals surface area contributed by atoms with E-state index in [1.807, 2.05) is 6.07 Å². The Bertz CT molecular complexity index is 445. The molecule has 0 aliphatic carbocycles. The Morgan fingerprint density at radius 2 is 1.84 bits per heavy atom. The first-order chi connectivity index (χ1) is 9.08. The summed E-state index contributed by atoms with van der Waals surface area (Å²) in [5.41, 5.74) is 1.61. The van der Waals surface area contributed by atoms with Gasteiger partial charge in [-0.05, 0) is 18.9 Å². The van der Waals surface area contributed by atoms with Gasteiger partial charge in [0, 0.05) is 19.2 Å². The van der Waals surface area contributed by atoms with E-state index in [2.05, 4.69) is 9.88 Å². The minimum atomic E-state index is -2.21. The van der Waals surface area contributed by atoms with Gasteiger partial charge in [-0.15, -0.1) is 0 Å². The molecule has 1 saturated heterocycles. The maximum atomic E-state index is 8.67. The molecule has 0 aromatic heterocycles. The van der Waals surface area contributed by atoms with Crippen LogP contribution in [0.15, 0.2) is 18.2 Å². The Morgan fingerprint density at radius 1 is 1.26 bits per heavy atom. The van der Waals surface area contributed by atoms with Crippen molar-refractivity contribution in [3.63, 3.8) is 0 Å². The molecule has 102 valence electrons. The van der Waals surface area contributed by atoms with Crippen LogP contribution in [-0.4, -0.2) is 20.2 Å². The van der Waals surface area contributed by atoms with Gasteiger partial charge in [0.15, 0.2) is 4.98 Å². The van der Waals surface area contributed by atoms with Crippen LogP contribution < -0.4 is 9.64 Å². The second-order valence-corrected chi connectivity index (χ2v) is 17.8. The van der Waals surface area contributed by atoms with Crippen LogP contribution in [-0.2, 0) is 13.0 Å². The zero-order valence-corrected chi connectivity index (χ0v) is 15.9. The van der Waals surface area contributed by atoms with E-state index in [4.69, 9.17) is 39.2 Å². The predicted octanol–water partition coefficient (Wildman–Crippen LogP) is 4.85. The molecule has 1 aliphatic heterocycles. The van der Waals surface area contributed by atoms with Crippen molar-refractivity contribution in [3.8, 4) is 5.75 Å². The first kappa shape index (κ1) is 16.8. The average Bonchev–Trinajstić information content (AvgIpc) is 2.91. The first-order valence-electron chi connectivity index (χ1n) is 5.93. The molecule has 4 nitrogen and oxygen atoms in total. The molecule has 0 N–H and O–H groups in total. The second kappa shape index (κ2) is 8.82. The molecule has 8 heteroatoms. The van der Waals surface area contributed by atoms with Gasteiger partial charge in [-0.3, -0.25) is 0 Å². The van der Waals surface area contributed by atoms with Gasteiger partial charge in [-0.25, -0.2) is 0 Å². The zero-order chi connectivity index (χ0) is 14.3. The van der Waals surface area contributed by atoms with Crippen LogP contribution in [0, 0.1) is 5.39 Å². The number of methoxy groups -OCH3 is 1. The number of benzene rings is 1. The van der Waals surface area contributed by atoms with Gasteiger partial charge in [0.25, 0.3) is 0 Å². The van der Waals surface area contributed by atoms with E-state index in [0.717, 1.165) is 24.5 Å². The number of halogens is 3. The van der Waals surface area contributed by atoms with Gasteiger partial charge in [0.05, 0.1) is 18.9 Å². The second-order valence-electron chi connectivity index (χ2n) is 3.95. The van der Waals surface area contributed by atoms with Gasteiger partial charge < -0.3 is 9.64 Å². The fourth-order valence-corrected chi connectivity index (χ4v) is 1.95. The first-order valence-corrected chi connectivity index (χ1v) is 17.6. The molecule has 2 rings (SSSR count). The van der Waals surface area contributed by atoms with Crippen molar-refractivity contribution < 1.29 is 17.7 Å². The summed E-state index contributed by atoms with van der Waals surface area (Å²) >= 11 is -2.21. The molecule has 0 unspecified atom stereocenters. The van der Waals surface area contributed by atoms with E-state index < -0.39 is 13.0 Å². The predicted molar refractivity (Wildman–Crippen MR) is 76.7 cm³/mol. The van der Waals surface area contributed by atoms with Gasteiger partial charge in [0.1, 0.15) is 5.75 Å². The number of hydrogen-bond acceptors (Lipinski definition) is 3. The molecule has 1 aliphatic rings. The summed E-state index contributed by atoms with van der Waals surface area (Å²) < 4.78 is 5.29. The van der Waals surface area contributed by atoms with Crippen molar-refractivity contribution in [1.82, 2.24) is 0 Å². The molecule has 1 heterocycles. The zero-order valence-electron chi connectivity index (χ0n) is 10.7. The van der Waals surface area contributed by atoms with Crippen LogP contribution in [0.3, 0.4) is 0 Å². The van der Waals surface area contributed by atoms with Crippen LogP contribution in [0.1, 0.15) is 12.8 Å². The molecule has 1 fully saturated rings. The summed E-state index contributed by atoms with van der Waals surface area (Å²) in [5.74, 6) is 0.771. The van der Waals surface area contributed by atoms with E-state index in [1.54, 1.807) is 19.2 Å². The molecule has 1 aromatic carbocycles. The molecule has 0 radical (unpaired) electrons. The summed E-state index contributed by atoms with van der Waals surface area (Å²) in [4.78, 5) is 5.44. The van der Waals surface area contributed by atoms with Crippen molar-refractivity contribution in [2.45, 2.75) is 12.8 Å². The number of nitrogens with zero attached hydrogens (tertiary/aromatic N) is 3. The van der Waals surface area contributed by atoms with E-state index >= 15 is 0 Å². The Kier molecular flexibility index (Phi) is 7.79. The van der Waals surface area contributed by atoms with Crippen LogP contribution in [0.4, 0.5) is 11.4 Å². The molecular weight excluding hydrogens is 362 g/mol. The van der Waals surface area contributed by atoms with Crippen molar-refractivity contribution >= 4 is 40.4 Å². The van der Waals surface area contributed by atoms with Gasteiger partial charge >= 0.3 is 47.7 Å². The van der Waals surface area contributed by atoms with Crippen molar-refractivity contribution in [2.75, 3.05) is 25.1 Å². The summed E-state index contributed by atoms with van der Waals surface area (Å²) in [6, 6.07) is 5.48. The number of rotatable bonds is 2. The third kappa shape index (κ3) is 5.71. The molecule has 0 bridgehead atoms. The summed E-state index contributed by atoms with van der Waals surface area (Å²) in [7, 11) is 16.7. The quantitative estimate of drug-likeness (QED) is 0.548.